The van der Waals surface area contributed by atoms with Crippen molar-refractivity contribution in [2.75, 3.05) is 6.61 Å². The van der Waals surface area contributed by atoms with Gasteiger partial charge in [-0.05, 0) is 32.4 Å². The summed E-state index contributed by atoms with van der Waals surface area (Å²) < 4.78 is 5.53. The van der Waals surface area contributed by atoms with E-state index in [2.05, 4.69) is 0 Å². The number of nitro groups is 1. The lowest BCUT2D eigenvalue weighted by molar-refractivity contribution is -0.385. The summed E-state index contributed by atoms with van der Waals surface area (Å²) in [6.07, 6.45) is 0.262. The highest BCUT2D eigenvalue weighted by molar-refractivity contribution is 5.83. The van der Waals surface area contributed by atoms with Crippen LogP contribution in [0, 0.1) is 24.0 Å². The van der Waals surface area contributed by atoms with Crippen molar-refractivity contribution in [2.45, 2.75) is 32.7 Å². The lowest BCUT2D eigenvalue weighted by atomic mass is 9.99. The maximum Gasteiger partial charge on any atom is 0.272 e. The van der Waals surface area contributed by atoms with Gasteiger partial charge in [-0.25, -0.2) is 0 Å². The number of nitrogens with two attached hydrogens (primary N) is 2. The molecule has 1 rings (SSSR count). The van der Waals surface area contributed by atoms with Crippen molar-refractivity contribution >= 4 is 11.6 Å². The zero-order chi connectivity index (χ0) is 15.5. The fraction of sp³-hybridized carbons (Fsp3) is 0.462. The van der Waals surface area contributed by atoms with Crippen LogP contribution in [0.15, 0.2) is 12.1 Å². The van der Waals surface area contributed by atoms with Gasteiger partial charge in [0, 0.05) is 18.1 Å². The maximum atomic E-state index is 11.1. The molecule has 1 unspecified atom stereocenters. The first-order chi connectivity index (χ1) is 9.15. The lowest BCUT2D eigenvalue weighted by Gasteiger charge is -2.20. The molecule has 0 fully saturated rings. The van der Waals surface area contributed by atoms with Crippen LogP contribution in [0.1, 0.15) is 24.5 Å². The number of hydrogen-bond acceptors (Lipinski definition) is 5. The van der Waals surface area contributed by atoms with Crippen LogP contribution >= 0.6 is 0 Å². The number of rotatable bonds is 6. The van der Waals surface area contributed by atoms with Crippen molar-refractivity contribution < 1.29 is 14.5 Å². The third-order valence-electron chi connectivity index (χ3n) is 3.13. The van der Waals surface area contributed by atoms with Crippen molar-refractivity contribution in [3.63, 3.8) is 0 Å². The number of benzene rings is 1. The maximum absolute atomic E-state index is 11.1. The van der Waals surface area contributed by atoms with E-state index in [9.17, 15) is 14.9 Å². The molecule has 20 heavy (non-hydrogen) atoms. The summed E-state index contributed by atoms with van der Waals surface area (Å²) in [7, 11) is 0. The Morgan fingerprint density at radius 1 is 1.40 bits per heavy atom. The molecule has 110 valence electrons. The van der Waals surface area contributed by atoms with Crippen molar-refractivity contribution in [3.8, 4) is 5.75 Å². The van der Waals surface area contributed by atoms with Crippen molar-refractivity contribution in [1.29, 1.82) is 0 Å². The molecular weight excluding hydrogens is 262 g/mol. The quantitative estimate of drug-likeness (QED) is 0.599. The molecule has 1 aromatic carbocycles. The van der Waals surface area contributed by atoms with E-state index in [1.165, 1.54) is 13.0 Å². The fourth-order valence-electron chi connectivity index (χ4n) is 1.62. The molecule has 0 aliphatic heterocycles. The van der Waals surface area contributed by atoms with Crippen LogP contribution in [0.25, 0.3) is 0 Å². The van der Waals surface area contributed by atoms with Crippen molar-refractivity contribution in [3.05, 3.63) is 33.4 Å². The number of carbonyl (C=O) groups is 1. The van der Waals surface area contributed by atoms with Crippen LogP contribution < -0.4 is 16.2 Å². The molecule has 1 aromatic rings. The molecule has 0 heterocycles. The average Bonchev–Trinajstić information content (AvgIpc) is 2.32. The zero-order valence-electron chi connectivity index (χ0n) is 11.8. The number of amides is 1. The number of nitrogens with zero attached hydrogens (tertiary/aromatic N) is 1. The second-order valence-electron chi connectivity index (χ2n) is 5.04. The van der Waals surface area contributed by atoms with E-state index in [0.29, 0.717) is 16.9 Å². The molecule has 0 aliphatic carbocycles. The van der Waals surface area contributed by atoms with Gasteiger partial charge >= 0.3 is 0 Å². The van der Waals surface area contributed by atoms with Crippen LogP contribution in [0.5, 0.6) is 5.75 Å². The second-order valence-corrected chi connectivity index (χ2v) is 5.04. The second kappa shape index (κ2) is 5.87. The molecule has 0 saturated heterocycles. The van der Waals surface area contributed by atoms with Gasteiger partial charge in [-0.2, -0.15) is 0 Å². The molecule has 0 bridgehead atoms. The number of aryl methyl sites for hydroxylation is 2. The molecular formula is C13H19N3O4. The SMILES string of the molecule is Cc1cc([N+](=O)[O-])c(C)cc1OCCC(C)(N)C(N)=O. The van der Waals surface area contributed by atoms with Gasteiger partial charge in [-0.3, -0.25) is 14.9 Å². The summed E-state index contributed by atoms with van der Waals surface area (Å²) in [5, 5.41) is 10.8. The van der Waals surface area contributed by atoms with Crippen molar-refractivity contribution in [2.24, 2.45) is 11.5 Å². The molecule has 7 heteroatoms. The molecule has 0 aromatic heterocycles. The summed E-state index contributed by atoms with van der Waals surface area (Å²) in [6.45, 7) is 5.10. The predicted octanol–water partition coefficient (Wildman–Crippen LogP) is 1.18. The monoisotopic (exact) mass is 281 g/mol. The number of carbonyl (C=O) groups excluding carboxylic acids is 1. The number of hydrogen-bond donors (Lipinski definition) is 2. The van der Waals surface area contributed by atoms with E-state index in [0.717, 1.165) is 0 Å². The summed E-state index contributed by atoms with van der Waals surface area (Å²) in [6, 6.07) is 3.06. The molecule has 1 atom stereocenters. The summed E-state index contributed by atoms with van der Waals surface area (Å²) in [5.41, 5.74) is 11.0. The standard InChI is InChI=1S/C13H19N3O4/c1-8-7-11(9(2)6-10(8)16(18)19)20-5-4-13(3,15)12(14)17/h6-7H,4-5,15H2,1-3H3,(H2,14,17). The third-order valence-corrected chi connectivity index (χ3v) is 3.13. The highest BCUT2D eigenvalue weighted by atomic mass is 16.6. The normalized spacial score (nSPS) is 13.6. The first-order valence-electron chi connectivity index (χ1n) is 6.12. The van der Waals surface area contributed by atoms with Gasteiger partial charge in [0.05, 0.1) is 17.1 Å². The number of ether oxygens (including phenoxy) is 1. The summed E-state index contributed by atoms with van der Waals surface area (Å²) in [4.78, 5) is 21.4. The van der Waals surface area contributed by atoms with Crippen molar-refractivity contribution in [1.82, 2.24) is 0 Å². The van der Waals surface area contributed by atoms with Gasteiger partial charge in [0.2, 0.25) is 5.91 Å². The molecule has 0 spiro atoms. The smallest absolute Gasteiger partial charge is 0.272 e. The number of nitro benzene ring substituents is 1. The fourth-order valence-corrected chi connectivity index (χ4v) is 1.62. The van der Waals surface area contributed by atoms with Crippen LogP contribution in [0.4, 0.5) is 5.69 Å². The van der Waals surface area contributed by atoms with Crippen LogP contribution in [-0.4, -0.2) is 23.0 Å². The Hall–Kier alpha value is -2.15. The van der Waals surface area contributed by atoms with E-state index in [1.807, 2.05) is 0 Å². The van der Waals surface area contributed by atoms with Gasteiger partial charge in [0.1, 0.15) is 5.75 Å². The number of primary amides is 1. The molecule has 7 nitrogen and oxygen atoms in total. The molecule has 0 aliphatic rings. The first kappa shape index (κ1) is 15.9. The van der Waals surface area contributed by atoms with Gasteiger partial charge in [-0.15, -0.1) is 0 Å². The van der Waals surface area contributed by atoms with Gasteiger partial charge in [0.15, 0.2) is 0 Å². The minimum Gasteiger partial charge on any atom is -0.493 e. The Balaban J connectivity index is 2.78. The zero-order valence-corrected chi connectivity index (χ0v) is 11.8. The van der Waals surface area contributed by atoms with E-state index in [1.54, 1.807) is 19.9 Å². The Labute approximate surface area is 117 Å². The van der Waals surface area contributed by atoms with Gasteiger partial charge in [-0.1, -0.05) is 0 Å². The van der Waals surface area contributed by atoms with E-state index in [4.69, 9.17) is 16.2 Å². The average molecular weight is 281 g/mol. The Bertz CT molecular complexity index is 541. The van der Waals surface area contributed by atoms with Crippen LogP contribution in [0.2, 0.25) is 0 Å². The minimum absolute atomic E-state index is 0.0515. The Morgan fingerprint density at radius 2 is 2.00 bits per heavy atom. The Morgan fingerprint density at radius 3 is 2.50 bits per heavy atom. The summed E-state index contributed by atoms with van der Waals surface area (Å²) >= 11 is 0. The van der Waals surface area contributed by atoms with Gasteiger partial charge < -0.3 is 16.2 Å². The van der Waals surface area contributed by atoms with E-state index in [-0.39, 0.29) is 18.7 Å². The third kappa shape index (κ3) is 3.67. The lowest BCUT2D eigenvalue weighted by Crippen LogP contribution is -2.50. The Kier molecular flexibility index (Phi) is 4.67. The minimum atomic E-state index is -1.14. The highest BCUT2D eigenvalue weighted by Crippen LogP contribution is 2.27. The molecule has 0 radical (unpaired) electrons. The molecule has 1 amide bonds. The van der Waals surface area contributed by atoms with E-state index >= 15 is 0 Å². The molecule has 4 N–H and O–H groups in total. The van der Waals surface area contributed by atoms with Crippen LogP contribution in [-0.2, 0) is 4.79 Å². The van der Waals surface area contributed by atoms with Crippen LogP contribution in [0.3, 0.4) is 0 Å². The topological polar surface area (TPSA) is 121 Å². The largest absolute Gasteiger partial charge is 0.493 e. The summed E-state index contributed by atoms with van der Waals surface area (Å²) in [5.74, 6) is -0.0638. The highest BCUT2D eigenvalue weighted by Gasteiger charge is 2.25. The van der Waals surface area contributed by atoms with E-state index < -0.39 is 16.4 Å². The first-order valence-corrected chi connectivity index (χ1v) is 6.12. The van der Waals surface area contributed by atoms with Gasteiger partial charge in [0.25, 0.3) is 5.69 Å². The molecule has 0 saturated carbocycles. The predicted molar refractivity (Wildman–Crippen MR) is 74.5 cm³/mol.